The summed E-state index contributed by atoms with van der Waals surface area (Å²) in [5, 5.41) is 0.101. The van der Waals surface area contributed by atoms with Gasteiger partial charge in [0.1, 0.15) is 5.82 Å². The van der Waals surface area contributed by atoms with E-state index in [9.17, 15) is 4.39 Å². The topological polar surface area (TPSA) is 26.0 Å². The van der Waals surface area contributed by atoms with E-state index < -0.39 is 5.82 Å². The summed E-state index contributed by atoms with van der Waals surface area (Å²) < 4.78 is 13.0. The molecule has 2 rings (SSSR count). The van der Waals surface area contributed by atoms with Crippen molar-refractivity contribution >= 4 is 24.0 Å². The molecule has 0 fully saturated rings. The van der Waals surface area contributed by atoms with Crippen molar-refractivity contribution in [3.8, 4) is 0 Å². The minimum absolute atomic E-state index is 0. The molecular weight excluding hydrogens is 260 g/mol. The van der Waals surface area contributed by atoms with Gasteiger partial charge in [-0.25, -0.2) is 4.39 Å². The van der Waals surface area contributed by atoms with E-state index in [0.717, 1.165) is 11.1 Å². The zero-order valence-electron chi connectivity index (χ0n) is 8.94. The second kappa shape index (κ2) is 6.01. The van der Waals surface area contributed by atoms with Crippen LogP contribution in [-0.2, 0) is 0 Å². The molecule has 17 heavy (non-hydrogen) atoms. The Morgan fingerprint density at radius 3 is 2.24 bits per heavy atom. The van der Waals surface area contributed by atoms with E-state index in [1.165, 1.54) is 6.07 Å². The van der Waals surface area contributed by atoms with Crippen molar-refractivity contribution in [1.29, 1.82) is 0 Å². The van der Waals surface area contributed by atoms with Gasteiger partial charge < -0.3 is 5.73 Å². The van der Waals surface area contributed by atoms with E-state index in [-0.39, 0.29) is 23.5 Å². The van der Waals surface area contributed by atoms with Crippen molar-refractivity contribution < 1.29 is 4.39 Å². The third kappa shape index (κ3) is 3.19. The van der Waals surface area contributed by atoms with Gasteiger partial charge in [-0.3, -0.25) is 0 Å². The molecule has 0 aliphatic carbocycles. The van der Waals surface area contributed by atoms with Gasteiger partial charge in [-0.2, -0.15) is 0 Å². The molecule has 0 amide bonds. The van der Waals surface area contributed by atoms with Crippen LogP contribution < -0.4 is 5.73 Å². The maximum Gasteiger partial charge on any atom is 0.141 e. The average molecular weight is 272 g/mol. The van der Waals surface area contributed by atoms with Crippen LogP contribution in [0.3, 0.4) is 0 Å². The molecule has 0 radical (unpaired) electrons. The Labute approximate surface area is 111 Å². The predicted octanol–water partition coefficient (Wildman–Crippen LogP) is 3.95. The van der Waals surface area contributed by atoms with Gasteiger partial charge in [0.05, 0.1) is 11.1 Å². The molecular formula is C13H12Cl2FN. The molecule has 0 saturated heterocycles. The minimum Gasteiger partial charge on any atom is -0.320 e. The Morgan fingerprint density at radius 1 is 1.00 bits per heavy atom. The first-order valence-corrected chi connectivity index (χ1v) is 5.32. The van der Waals surface area contributed by atoms with Gasteiger partial charge in [-0.15, -0.1) is 12.4 Å². The van der Waals surface area contributed by atoms with E-state index in [4.69, 9.17) is 17.3 Å². The van der Waals surface area contributed by atoms with Crippen LogP contribution in [0.5, 0.6) is 0 Å². The van der Waals surface area contributed by atoms with Crippen LogP contribution in [0.25, 0.3) is 0 Å². The van der Waals surface area contributed by atoms with E-state index in [1.54, 1.807) is 12.1 Å². The predicted molar refractivity (Wildman–Crippen MR) is 71.1 cm³/mol. The maximum atomic E-state index is 13.0. The molecule has 90 valence electrons. The van der Waals surface area contributed by atoms with Gasteiger partial charge in [-0.1, -0.05) is 48.0 Å². The van der Waals surface area contributed by atoms with E-state index in [1.807, 2.05) is 30.3 Å². The summed E-state index contributed by atoms with van der Waals surface area (Å²) in [6, 6.07) is 13.9. The second-order valence-corrected chi connectivity index (χ2v) is 3.97. The molecule has 2 aromatic rings. The van der Waals surface area contributed by atoms with Gasteiger partial charge in [-0.05, 0) is 23.3 Å². The molecule has 0 heterocycles. The highest BCUT2D eigenvalue weighted by atomic mass is 35.5. The molecule has 1 nitrogen and oxygen atoms in total. The average Bonchev–Trinajstić information content (AvgIpc) is 2.33. The van der Waals surface area contributed by atoms with Gasteiger partial charge in [0, 0.05) is 0 Å². The van der Waals surface area contributed by atoms with Crippen molar-refractivity contribution in [3.05, 3.63) is 70.5 Å². The number of hydrogen-bond acceptors (Lipinski definition) is 1. The fourth-order valence-electron chi connectivity index (χ4n) is 1.56. The summed E-state index contributed by atoms with van der Waals surface area (Å²) in [4.78, 5) is 0. The lowest BCUT2D eigenvalue weighted by molar-refractivity contribution is 0.627. The van der Waals surface area contributed by atoms with E-state index >= 15 is 0 Å². The molecule has 0 aliphatic heterocycles. The third-order valence-electron chi connectivity index (χ3n) is 2.46. The Kier molecular flexibility index (Phi) is 4.94. The first-order valence-electron chi connectivity index (χ1n) is 4.94. The quantitative estimate of drug-likeness (QED) is 0.880. The lowest BCUT2D eigenvalue weighted by Crippen LogP contribution is -2.11. The summed E-state index contributed by atoms with van der Waals surface area (Å²) in [5.41, 5.74) is 7.83. The van der Waals surface area contributed by atoms with Crippen LogP contribution in [0.15, 0.2) is 48.5 Å². The van der Waals surface area contributed by atoms with Crippen molar-refractivity contribution in [2.24, 2.45) is 5.73 Å². The highest BCUT2D eigenvalue weighted by molar-refractivity contribution is 6.30. The number of benzene rings is 2. The number of nitrogens with two attached hydrogens (primary N) is 1. The molecule has 4 heteroatoms. The summed E-state index contributed by atoms with van der Waals surface area (Å²) in [6.45, 7) is 0. The standard InChI is InChI=1S/C13H11ClFN.ClH/c14-11-8-10(6-7-12(11)15)13(16)9-4-2-1-3-5-9;/h1-8,13H,16H2;1H. The van der Waals surface area contributed by atoms with E-state index in [2.05, 4.69) is 0 Å². The fraction of sp³-hybridized carbons (Fsp3) is 0.0769. The van der Waals surface area contributed by atoms with Crippen molar-refractivity contribution in [3.63, 3.8) is 0 Å². The number of halogens is 3. The molecule has 2 aromatic carbocycles. The summed E-state index contributed by atoms with van der Waals surface area (Å²) in [5.74, 6) is -0.425. The zero-order chi connectivity index (χ0) is 11.5. The zero-order valence-corrected chi connectivity index (χ0v) is 10.5. The monoisotopic (exact) mass is 271 g/mol. The molecule has 0 aliphatic rings. The Morgan fingerprint density at radius 2 is 1.65 bits per heavy atom. The van der Waals surface area contributed by atoms with Crippen molar-refractivity contribution in [1.82, 2.24) is 0 Å². The second-order valence-electron chi connectivity index (χ2n) is 3.56. The molecule has 0 spiro atoms. The first kappa shape index (κ1) is 14.0. The highest BCUT2D eigenvalue weighted by Gasteiger charge is 2.10. The minimum atomic E-state index is -0.425. The number of rotatable bonds is 2. The summed E-state index contributed by atoms with van der Waals surface area (Å²) >= 11 is 5.71. The van der Waals surface area contributed by atoms with Gasteiger partial charge in [0.25, 0.3) is 0 Å². The van der Waals surface area contributed by atoms with Crippen LogP contribution in [-0.4, -0.2) is 0 Å². The van der Waals surface area contributed by atoms with Crippen LogP contribution >= 0.6 is 24.0 Å². The third-order valence-corrected chi connectivity index (χ3v) is 2.75. The van der Waals surface area contributed by atoms with Crippen molar-refractivity contribution in [2.45, 2.75) is 6.04 Å². The lowest BCUT2D eigenvalue weighted by atomic mass is 10.00. The Balaban J connectivity index is 0.00000144. The Bertz CT molecular complexity index is 488. The van der Waals surface area contributed by atoms with Crippen LogP contribution in [0.2, 0.25) is 5.02 Å². The largest absolute Gasteiger partial charge is 0.320 e. The van der Waals surface area contributed by atoms with Crippen molar-refractivity contribution in [2.75, 3.05) is 0 Å². The fourth-order valence-corrected chi connectivity index (χ4v) is 1.75. The highest BCUT2D eigenvalue weighted by Crippen LogP contribution is 2.23. The van der Waals surface area contributed by atoms with Crippen LogP contribution in [0.4, 0.5) is 4.39 Å². The molecule has 0 bridgehead atoms. The SMILES string of the molecule is Cl.NC(c1ccccc1)c1ccc(F)c(Cl)c1. The molecule has 1 unspecified atom stereocenters. The molecule has 0 saturated carbocycles. The molecule has 1 atom stereocenters. The Hall–Kier alpha value is -1.09. The summed E-state index contributed by atoms with van der Waals surface area (Å²) in [7, 11) is 0. The number of hydrogen-bond donors (Lipinski definition) is 1. The van der Waals surface area contributed by atoms with Gasteiger partial charge in [0.2, 0.25) is 0 Å². The first-order chi connectivity index (χ1) is 7.68. The molecule has 0 aromatic heterocycles. The van der Waals surface area contributed by atoms with Gasteiger partial charge >= 0.3 is 0 Å². The normalized spacial score (nSPS) is 11.7. The van der Waals surface area contributed by atoms with Gasteiger partial charge in [0.15, 0.2) is 0 Å². The summed E-state index contributed by atoms with van der Waals surface area (Å²) in [6.07, 6.45) is 0. The van der Waals surface area contributed by atoms with E-state index in [0.29, 0.717) is 0 Å². The van der Waals surface area contributed by atoms with Crippen LogP contribution in [0, 0.1) is 5.82 Å². The smallest absolute Gasteiger partial charge is 0.141 e. The van der Waals surface area contributed by atoms with Crippen LogP contribution in [0.1, 0.15) is 17.2 Å². The maximum absolute atomic E-state index is 13.0. The lowest BCUT2D eigenvalue weighted by Gasteiger charge is -2.12. The molecule has 2 N–H and O–H groups in total.